The summed E-state index contributed by atoms with van der Waals surface area (Å²) in [5, 5.41) is 1.36. The zero-order chi connectivity index (χ0) is 15.9. The highest BCUT2D eigenvalue weighted by Gasteiger charge is 2.28. The fourth-order valence-corrected chi connectivity index (χ4v) is 2.92. The van der Waals surface area contributed by atoms with Gasteiger partial charge in [-0.3, -0.25) is 0 Å². The summed E-state index contributed by atoms with van der Waals surface area (Å²) in [6, 6.07) is 17.5. The van der Waals surface area contributed by atoms with E-state index in [4.69, 9.17) is 0 Å². The average molecular weight is 291 g/mol. The van der Waals surface area contributed by atoms with Gasteiger partial charge in [0.15, 0.2) is 0 Å². The van der Waals surface area contributed by atoms with Crippen molar-refractivity contribution in [3.63, 3.8) is 0 Å². The molecule has 0 spiro atoms. The molecule has 1 heterocycles. The number of nitrogens with zero attached hydrogens (tertiary/aromatic N) is 1. The molecular weight excluding hydrogens is 266 g/mol. The second-order valence-corrected chi connectivity index (χ2v) is 7.14. The molecule has 0 aliphatic carbocycles. The maximum absolute atomic E-state index is 2.35. The van der Waals surface area contributed by atoms with Gasteiger partial charge < -0.3 is 4.57 Å². The molecule has 1 nitrogen and oxygen atoms in total. The summed E-state index contributed by atoms with van der Waals surface area (Å²) in [4.78, 5) is 0. The highest BCUT2D eigenvalue weighted by Crippen LogP contribution is 2.38. The Kier molecular flexibility index (Phi) is 3.60. The minimum atomic E-state index is 0.148. The molecule has 1 heteroatoms. The van der Waals surface area contributed by atoms with E-state index < -0.39 is 0 Å². The largest absolute Gasteiger partial charge is 0.316 e. The van der Waals surface area contributed by atoms with Crippen LogP contribution in [0.1, 0.15) is 38.8 Å². The topological polar surface area (TPSA) is 4.93 Å². The Balaban J connectivity index is 2.27. The number of benzene rings is 2. The van der Waals surface area contributed by atoms with E-state index in [1.54, 1.807) is 0 Å². The lowest BCUT2D eigenvalue weighted by Crippen LogP contribution is -2.24. The maximum atomic E-state index is 2.35. The van der Waals surface area contributed by atoms with Crippen molar-refractivity contribution in [3.05, 3.63) is 65.9 Å². The molecule has 3 rings (SSSR count). The lowest BCUT2D eigenvalue weighted by molar-refractivity contribution is 0.374. The molecule has 2 aromatic carbocycles. The van der Waals surface area contributed by atoms with Crippen LogP contribution in [0.5, 0.6) is 0 Å². The number of para-hydroxylation sites is 1. The lowest BCUT2D eigenvalue weighted by atomic mass is 9.75. The third-order valence-electron chi connectivity index (χ3n) is 5.16. The minimum Gasteiger partial charge on any atom is -0.316 e. The third kappa shape index (κ3) is 2.35. The molecular formula is C21H25N. The zero-order valence-corrected chi connectivity index (χ0v) is 14.2. The van der Waals surface area contributed by atoms with Crippen LogP contribution < -0.4 is 0 Å². The number of hydrogen-bond donors (Lipinski definition) is 0. The normalized spacial score (nSPS) is 12.3. The quantitative estimate of drug-likeness (QED) is 0.568. The van der Waals surface area contributed by atoms with E-state index in [9.17, 15) is 0 Å². The van der Waals surface area contributed by atoms with Gasteiger partial charge in [-0.1, -0.05) is 63.6 Å². The second-order valence-electron chi connectivity index (χ2n) is 7.14. The van der Waals surface area contributed by atoms with Gasteiger partial charge in [0.2, 0.25) is 0 Å². The lowest BCUT2D eigenvalue weighted by Gasteiger charge is -2.29. The molecule has 0 aliphatic rings. The summed E-state index contributed by atoms with van der Waals surface area (Å²) in [7, 11) is 0. The maximum Gasteiger partial charge on any atom is 0.0531 e. The molecule has 0 N–H and O–H groups in total. The summed E-state index contributed by atoms with van der Waals surface area (Å²) >= 11 is 0. The van der Waals surface area contributed by atoms with Crippen LogP contribution >= 0.6 is 0 Å². The molecule has 22 heavy (non-hydrogen) atoms. The average Bonchev–Trinajstić information content (AvgIpc) is 2.88. The molecule has 0 aliphatic heterocycles. The first-order chi connectivity index (χ1) is 10.4. The Bertz CT molecular complexity index is 788. The SMILES string of the molecule is Cc1ccc(-n2cc(C(C)(C)C(C)C)c3ccccc32)cc1. The molecule has 0 saturated heterocycles. The van der Waals surface area contributed by atoms with Crippen LogP contribution in [0.15, 0.2) is 54.7 Å². The van der Waals surface area contributed by atoms with Gasteiger partial charge in [-0.05, 0) is 42.0 Å². The van der Waals surface area contributed by atoms with Gasteiger partial charge in [0.25, 0.3) is 0 Å². The molecule has 3 aromatic rings. The Hall–Kier alpha value is -2.02. The monoisotopic (exact) mass is 291 g/mol. The van der Waals surface area contributed by atoms with Gasteiger partial charge in [0.05, 0.1) is 5.52 Å². The van der Waals surface area contributed by atoms with E-state index in [0.29, 0.717) is 5.92 Å². The molecule has 0 atom stereocenters. The van der Waals surface area contributed by atoms with Crippen molar-refractivity contribution in [2.75, 3.05) is 0 Å². The first-order valence-corrected chi connectivity index (χ1v) is 8.09. The van der Waals surface area contributed by atoms with Crippen molar-refractivity contribution in [2.45, 2.75) is 40.0 Å². The molecule has 0 unspecified atom stereocenters. The van der Waals surface area contributed by atoms with Gasteiger partial charge in [-0.25, -0.2) is 0 Å². The molecule has 0 amide bonds. The van der Waals surface area contributed by atoms with E-state index in [-0.39, 0.29) is 5.41 Å². The number of aromatic nitrogens is 1. The number of rotatable bonds is 3. The van der Waals surface area contributed by atoms with Crippen molar-refractivity contribution in [3.8, 4) is 5.69 Å². The minimum absolute atomic E-state index is 0.148. The summed E-state index contributed by atoms with van der Waals surface area (Å²) in [5.41, 5.74) is 5.39. The predicted octanol–water partition coefficient (Wildman–Crippen LogP) is 5.87. The van der Waals surface area contributed by atoms with Gasteiger partial charge >= 0.3 is 0 Å². The zero-order valence-electron chi connectivity index (χ0n) is 14.2. The second kappa shape index (κ2) is 5.31. The van der Waals surface area contributed by atoms with Crippen molar-refractivity contribution in [1.29, 1.82) is 0 Å². The first-order valence-electron chi connectivity index (χ1n) is 8.09. The van der Waals surface area contributed by atoms with E-state index in [1.165, 1.54) is 27.7 Å². The highest BCUT2D eigenvalue weighted by molar-refractivity contribution is 5.86. The summed E-state index contributed by atoms with van der Waals surface area (Å²) in [6.45, 7) is 11.4. The standard InChI is InChI=1S/C21H25N/c1-15(2)21(4,5)19-14-22(17-12-10-16(3)11-13-17)20-9-7-6-8-18(19)20/h6-15H,1-5H3. The molecule has 0 bridgehead atoms. The van der Waals surface area contributed by atoms with Crippen LogP contribution in [0.2, 0.25) is 0 Å². The first kappa shape index (κ1) is 14.9. The summed E-state index contributed by atoms with van der Waals surface area (Å²) in [6.07, 6.45) is 2.33. The third-order valence-corrected chi connectivity index (χ3v) is 5.16. The predicted molar refractivity (Wildman–Crippen MR) is 95.9 cm³/mol. The van der Waals surface area contributed by atoms with Crippen LogP contribution in [0.3, 0.4) is 0 Å². The number of hydrogen-bond acceptors (Lipinski definition) is 0. The van der Waals surface area contributed by atoms with Crippen LogP contribution in [-0.4, -0.2) is 4.57 Å². The van der Waals surface area contributed by atoms with Gasteiger partial charge in [-0.2, -0.15) is 0 Å². The Labute approximate surface area is 133 Å². The smallest absolute Gasteiger partial charge is 0.0531 e. The Morgan fingerprint density at radius 2 is 1.55 bits per heavy atom. The van der Waals surface area contributed by atoms with E-state index in [2.05, 4.69) is 93.9 Å². The van der Waals surface area contributed by atoms with E-state index >= 15 is 0 Å². The molecule has 114 valence electrons. The molecule has 1 aromatic heterocycles. The Morgan fingerprint density at radius 1 is 0.909 bits per heavy atom. The van der Waals surface area contributed by atoms with E-state index in [1.807, 2.05) is 0 Å². The fraction of sp³-hybridized carbons (Fsp3) is 0.333. The van der Waals surface area contributed by atoms with Crippen molar-refractivity contribution < 1.29 is 0 Å². The van der Waals surface area contributed by atoms with Crippen molar-refractivity contribution in [1.82, 2.24) is 4.57 Å². The van der Waals surface area contributed by atoms with Gasteiger partial charge in [-0.15, -0.1) is 0 Å². The van der Waals surface area contributed by atoms with Gasteiger partial charge in [0.1, 0.15) is 0 Å². The number of fused-ring (bicyclic) bond motifs is 1. The molecule has 0 saturated carbocycles. The van der Waals surface area contributed by atoms with Crippen LogP contribution in [0.4, 0.5) is 0 Å². The van der Waals surface area contributed by atoms with E-state index in [0.717, 1.165) is 0 Å². The van der Waals surface area contributed by atoms with Crippen LogP contribution in [0.25, 0.3) is 16.6 Å². The van der Waals surface area contributed by atoms with Crippen molar-refractivity contribution in [2.24, 2.45) is 5.92 Å². The summed E-state index contributed by atoms with van der Waals surface area (Å²) in [5.74, 6) is 0.588. The van der Waals surface area contributed by atoms with Crippen LogP contribution in [-0.2, 0) is 5.41 Å². The van der Waals surface area contributed by atoms with Crippen LogP contribution in [0, 0.1) is 12.8 Å². The summed E-state index contributed by atoms with van der Waals surface area (Å²) < 4.78 is 2.33. The van der Waals surface area contributed by atoms with Crippen molar-refractivity contribution >= 4 is 10.9 Å². The molecule has 0 radical (unpaired) electrons. The van der Waals surface area contributed by atoms with Gasteiger partial charge in [0, 0.05) is 17.3 Å². The highest BCUT2D eigenvalue weighted by atomic mass is 15.0. The fourth-order valence-electron chi connectivity index (χ4n) is 2.92. The number of aryl methyl sites for hydroxylation is 1. The molecule has 0 fully saturated rings. The Morgan fingerprint density at radius 3 is 2.18 bits per heavy atom.